The molecular formula is C30H38. The first kappa shape index (κ1) is 22.4. The summed E-state index contributed by atoms with van der Waals surface area (Å²) in [6.07, 6.45) is 17.1. The summed E-state index contributed by atoms with van der Waals surface area (Å²) < 4.78 is 0. The van der Waals surface area contributed by atoms with Crippen molar-refractivity contribution in [3.05, 3.63) is 82.9 Å². The summed E-state index contributed by atoms with van der Waals surface area (Å²) in [5.41, 5.74) is 5.56. The molecule has 1 saturated carbocycles. The maximum absolute atomic E-state index is 3.29. The van der Waals surface area contributed by atoms with E-state index in [2.05, 4.69) is 86.4 Å². The van der Waals surface area contributed by atoms with E-state index in [-0.39, 0.29) is 0 Å². The summed E-state index contributed by atoms with van der Waals surface area (Å²) in [6, 6.07) is 18.2. The van der Waals surface area contributed by atoms with E-state index in [0.29, 0.717) is 5.92 Å². The van der Waals surface area contributed by atoms with E-state index < -0.39 is 0 Å². The molecule has 0 spiro atoms. The Bertz CT molecular complexity index is 818. The van der Waals surface area contributed by atoms with Crippen LogP contribution in [0.15, 0.2) is 60.7 Å². The first-order chi connectivity index (χ1) is 14.8. The zero-order valence-electron chi connectivity index (χ0n) is 19.0. The Morgan fingerprint density at radius 1 is 0.767 bits per heavy atom. The molecule has 2 aromatic carbocycles. The molecular weight excluding hydrogens is 360 g/mol. The van der Waals surface area contributed by atoms with Crippen molar-refractivity contribution in [2.75, 3.05) is 0 Å². The normalized spacial score (nSPS) is 18.9. The van der Waals surface area contributed by atoms with Crippen molar-refractivity contribution in [3.8, 4) is 11.8 Å². The first-order valence-electron chi connectivity index (χ1n) is 12.1. The molecule has 3 rings (SSSR count). The second-order valence-corrected chi connectivity index (χ2v) is 8.89. The summed E-state index contributed by atoms with van der Waals surface area (Å²) in [5.74, 6) is 7.98. The summed E-state index contributed by atoms with van der Waals surface area (Å²) in [6.45, 7) is 4.50. The number of allylic oxidation sites excluding steroid dienone is 2. The third kappa shape index (κ3) is 7.21. The number of aryl methyl sites for hydroxylation is 2. The highest BCUT2D eigenvalue weighted by molar-refractivity contribution is 5.38. The van der Waals surface area contributed by atoms with Crippen molar-refractivity contribution < 1.29 is 0 Å². The number of benzene rings is 2. The first-order valence-corrected chi connectivity index (χ1v) is 12.1. The van der Waals surface area contributed by atoms with Gasteiger partial charge >= 0.3 is 0 Å². The number of rotatable bonds is 8. The van der Waals surface area contributed by atoms with Crippen molar-refractivity contribution in [1.82, 2.24) is 0 Å². The zero-order valence-corrected chi connectivity index (χ0v) is 19.0. The van der Waals surface area contributed by atoms with Crippen LogP contribution in [0.4, 0.5) is 0 Å². The molecule has 0 aromatic heterocycles. The molecule has 0 bridgehead atoms. The van der Waals surface area contributed by atoms with Gasteiger partial charge in [0.1, 0.15) is 0 Å². The average molecular weight is 399 g/mol. The largest absolute Gasteiger partial charge is 0.0730 e. The molecule has 0 atom stereocenters. The van der Waals surface area contributed by atoms with E-state index >= 15 is 0 Å². The van der Waals surface area contributed by atoms with Crippen LogP contribution in [-0.4, -0.2) is 0 Å². The van der Waals surface area contributed by atoms with Crippen LogP contribution in [0.25, 0.3) is 0 Å². The Hall–Kier alpha value is -2.26. The lowest BCUT2D eigenvalue weighted by Gasteiger charge is -2.27. The Labute approximate surface area is 184 Å². The van der Waals surface area contributed by atoms with Gasteiger partial charge in [-0.1, -0.05) is 87.4 Å². The van der Waals surface area contributed by atoms with Gasteiger partial charge in [0.25, 0.3) is 0 Å². The van der Waals surface area contributed by atoms with Gasteiger partial charge in [-0.05, 0) is 91.7 Å². The molecule has 1 aliphatic rings. The van der Waals surface area contributed by atoms with Gasteiger partial charge in [0.05, 0.1) is 0 Å². The highest BCUT2D eigenvalue weighted by Gasteiger charge is 2.20. The van der Waals surface area contributed by atoms with Gasteiger partial charge in [-0.3, -0.25) is 0 Å². The molecule has 30 heavy (non-hydrogen) atoms. The van der Waals surface area contributed by atoms with Crippen LogP contribution < -0.4 is 0 Å². The van der Waals surface area contributed by atoms with E-state index in [1.54, 1.807) is 0 Å². The molecule has 0 N–H and O–H groups in total. The maximum atomic E-state index is 3.29. The standard InChI is InChI=1S/C30H38/c1-3-5-6-10-26-13-15-27(16-14-26)11-7-8-12-28-19-23-30(24-20-28)29-21-17-25(9-4-2)18-22-29/h8,12-18,21-22,28,30H,3-6,9-10,19-20,23-24H2,1-2H3/b12-8+/t28-,30-. The Balaban J connectivity index is 1.43. The van der Waals surface area contributed by atoms with E-state index in [9.17, 15) is 0 Å². The molecule has 0 amide bonds. The molecule has 0 aliphatic heterocycles. The lowest BCUT2D eigenvalue weighted by molar-refractivity contribution is 0.376. The van der Waals surface area contributed by atoms with E-state index in [1.807, 2.05) is 0 Å². The molecule has 158 valence electrons. The highest BCUT2D eigenvalue weighted by Crippen LogP contribution is 2.36. The van der Waals surface area contributed by atoms with E-state index in [0.717, 1.165) is 11.5 Å². The summed E-state index contributed by atoms with van der Waals surface area (Å²) in [5, 5.41) is 0. The predicted molar refractivity (Wildman–Crippen MR) is 131 cm³/mol. The van der Waals surface area contributed by atoms with Gasteiger partial charge in [0, 0.05) is 5.56 Å². The van der Waals surface area contributed by atoms with Crippen LogP contribution in [0.2, 0.25) is 0 Å². The molecule has 0 saturated heterocycles. The van der Waals surface area contributed by atoms with E-state index in [4.69, 9.17) is 0 Å². The fourth-order valence-corrected chi connectivity index (χ4v) is 4.53. The lowest BCUT2D eigenvalue weighted by Crippen LogP contribution is -2.11. The van der Waals surface area contributed by atoms with Gasteiger partial charge in [0.15, 0.2) is 0 Å². The summed E-state index contributed by atoms with van der Waals surface area (Å²) in [7, 11) is 0. The molecule has 0 heteroatoms. The number of unbranched alkanes of at least 4 members (excludes halogenated alkanes) is 2. The van der Waals surface area contributed by atoms with Gasteiger partial charge in [-0.15, -0.1) is 0 Å². The van der Waals surface area contributed by atoms with Crippen LogP contribution in [0.1, 0.15) is 93.4 Å². The third-order valence-corrected chi connectivity index (χ3v) is 6.45. The molecule has 0 nitrogen and oxygen atoms in total. The molecule has 0 radical (unpaired) electrons. The second kappa shape index (κ2) is 12.4. The molecule has 2 aromatic rings. The lowest BCUT2D eigenvalue weighted by atomic mass is 9.78. The van der Waals surface area contributed by atoms with Crippen LogP contribution in [0, 0.1) is 17.8 Å². The fraction of sp³-hybridized carbons (Fsp3) is 0.467. The van der Waals surface area contributed by atoms with Crippen LogP contribution >= 0.6 is 0 Å². The average Bonchev–Trinajstić information content (AvgIpc) is 2.79. The van der Waals surface area contributed by atoms with Crippen molar-refractivity contribution in [1.29, 1.82) is 0 Å². The Kier molecular flexibility index (Phi) is 9.30. The summed E-state index contributed by atoms with van der Waals surface area (Å²) in [4.78, 5) is 0. The summed E-state index contributed by atoms with van der Waals surface area (Å²) >= 11 is 0. The van der Waals surface area contributed by atoms with Gasteiger partial charge in [-0.25, -0.2) is 0 Å². The maximum Gasteiger partial charge on any atom is 0.0249 e. The van der Waals surface area contributed by atoms with Gasteiger partial charge < -0.3 is 0 Å². The molecule has 1 aliphatic carbocycles. The minimum absolute atomic E-state index is 0.691. The quantitative estimate of drug-likeness (QED) is 0.310. The number of hydrogen-bond acceptors (Lipinski definition) is 0. The molecule has 0 unspecified atom stereocenters. The van der Waals surface area contributed by atoms with Crippen molar-refractivity contribution in [2.45, 2.75) is 84.0 Å². The second-order valence-electron chi connectivity index (χ2n) is 8.89. The predicted octanol–water partition coefficient (Wildman–Crippen LogP) is 8.25. The monoisotopic (exact) mass is 398 g/mol. The van der Waals surface area contributed by atoms with Crippen molar-refractivity contribution >= 4 is 0 Å². The SMILES string of the molecule is CCCCCc1ccc(C#C/C=C/[C@H]2CC[C@H](c3ccc(CCC)cc3)CC2)cc1. The van der Waals surface area contributed by atoms with Crippen molar-refractivity contribution in [3.63, 3.8) is 0 Å². The zero-order chi connectivity index (χ0) is 21.0. The smallest absolute Gasteiger partial charge is 0.0249 e. The van der Waals surface area contributed by atoms with Crippen LogP contribution in [0.3, 0.4) is 0 Å². The minimum Gasteiger partial charge on any atom is -0.0730 e. The molecule has 0 heterocycles. The highest BCUT2D eigenvalue weighted by atomic mass is 14.3. The van der Waals surface area contributed by atoms with Crippen LogP contribution in [0.5, 0.6) is 0 Å². The minimum atomic E-state index is 0.691. The van der Waals surface area contributed by atoms with Crippen molar-refractivity contribution in [2.24, 2.45) is 5.92 Å². The van der Waals surface area contributed by atoms with E-state index in [1.165, 1.54) is 80.9 Å². The fourth-order valence-electron chi connectivity index (χ4n) is 4.53. The topological polar surface area (TPSA) is 0 Å². The molecule has 1 fully saturated rings. The van der Waals surface area contributed by atoms with Gasteiger partial charge in [0.2, 0.25) is 0 Å². The van der Waals surface area contributed by atoms with Crippen LogP contribution in [-0.2, 0) is 12.8 Å². The van der Waals surface area contributed by atoms with Gasteiger partial charge in [-0.2, -0.15) is 0 Å². The Morgan fingerprint density at radius 3 is 2.10 bits per heavy atom. The Morgan fingerprint density at radius 2 is 1.43 bits per heavy atom. The number of hydrogen-bond donors (Lipinski definition) is 0. The third-order valence-electron chi connectivity index (χ3n) is 6.45.